The molecule has 1 unspecified atom stereocenters. The Labute approximate surface area is 63.0 Å². The molecule has 2 nitrogen and oxygen atoms in total. The Morgan fingerprint density at radius 3 is 2.00 bits per heavy atom. The normalized spacial score (nSPS) is 16.1. The quantitative estimate of drug-likeness (QED) is 0.423. The average molecular weight is 230 g/mol. The summed E-state index contributed by atoms with van der Waals surface area (Å²) in [5.74, 6) is -0.0527. The first kappa shape index (κ1) is 8.65. The van der Waals surface area contributed by atoms with Crippen molar-refractivity contribution >= 4 is 22.6 Å². The lowest BCUT2D eigenvalue weighted by Gasteiger charge is -2.19. The van der Waals surface area contributed by atoms with E-state index in [9.17, 15) is 0 Å². The van der Waals surface area contributed by atoms with Crippen LogP contribution >= 0.6 is 22.6 Å². The largest absolute Gasteiger partial charge is 0.357 e. The van der Waals surface area contributed by atoms with E-state index in [1.54, 1.807) is 29.5 Å². The molecule has 0 aromatic rings. The van der Waals surface area contributed by atoms with Crippen molar-refractivity contribution in [3.63, 3.8) is 0 Å². The van der Waals surface area contributed by atoms with Crippen LogP contribution in [0.25, 0.3) is 0 Å². The Balaban J connectivity index is 3.62. The van der Waals surface area contributed by atoms with Crippen LogP contribution in [0.4, 0.5) is 0 Å². The molecule has 0 aromatic heterocycles. The van der Waals surface area contributed by atoms with Crippen LogP contribution < -0.4 is 0 Å². The van der Waals surface area contributed by atoms with Crippen LogP contribution in [0.3, 0.4) is 0 Å². The lowest BCUT2D eigenvalue weighted by Crippen LogP contribution is -2.27. The molecule has 0 fully saturated rings. The molecule has 0 radical (unpaired) electrons. The lowest BCUT2D eigenvalue weighted by molar-refractivity contribution is -0.0972. The van der Waals surface area contributed by atoms with E-state index in [1.165, 1.54) is 0 Å². The number of alkyl halides is 1. The van der Waals surface area contributed by atoms with Crippen LogP contribution in [0.2, 0.25) is 0 Å². The van der Waals surface area contributed by atoms with Gasteiger partial charge in [0.2, 0.25) is 3.79 Å². The highest BCUT2D eigenvalue weighted by atomic mass is 127. The third-order valence-corrected chi connectivity index (χ3v) is 2.30. The molecule has 0 amide bonds. The zero-order valence-electron chi connectivity index (χ0n) is 5.06. The first-order valence-electron chi connectivity index (χ1n) is 2.62. The van der Waals surface area contributed by atoms with E-state index in [0.29, 0.717) is 0 Å². The van der Waals surface area contributed by atoms with Gasteiger partial charge in [0.15, 0.2) is 0 Å². The molecule has 0 spiro atoms. The summed E-state index contributed by atoms with van der Waals surface area (Å²) in [5.41, 5.74) is 0. The van der Waals surface area contributed by atoms with Gasteiger partial charge in [0.05, 0.1) is 0 Å². The summed E-state index contributed by atoms with van der Waals surface area (Å²) in [6.07, 6.45) is 0.788. The molecule has 0 heterocycles. The lowest BCUT2D eigenvalue weighted by atomic mass is 10.1. The Morgan fingerprint density at radius 2 is 2.00 bits per heavy atom. The molecule has 0 aromatic carbocycles. The van der Waals surface area contributed by atoms with Gasteiger partial charge < -0.3 is 10.2 Å². The molecule has 3 heteroatoms. The van der Waals surface area contributed by atoms with Crippen LogP contribution in [0.5, 0.6) is 0 Å². The summed E-state index contributed by atoms with van der Waals surface area (Å²) in [6.45, 7) is 3.72. The zero-order valence-corrected chi connectivity index (χ0v) is 7.21. The Kier molecular flexibility index (Phi) is 3.23. The van der Waals surface area contributed by atoms with E-state index >= 15 is 0 Å². The minimum atomic E-state index is -1.52. The molecule has 0 aliphatic rings. The summed E-state index contributed by atoms with van der Waals surface area (Å²) in [5, 5.41) is 17.7. The standard InChI is InChI=1S/C5H11IO2/c1-3-4(2)5(6,7)8/h4,7-8H,3H2,1-2H3. The van der Waals surface area contributed by atoms with Gasteiger partial charge in [-0.3, -0.25) is 0 Å². The van der Waals surface area contributed by atoms with Crippen LogP contribution in [0, 0.1) is 5.92 Å². The molecule has 0 rings (SSSR count). The SMILES string of the molecule is CCC(C)C(O)(O)I. The van der Waals surface area contributed by atoms with Crippen molar-refractivity contribution in [3.8, 4) is 0 Å². The highest BCUT2D eigenvalue weighted by Gasteiger charge is 2.24. The van der Waals surface area contributed by atoms with E-state index in [1.807, 2.05) is 6.92 Å². The van der Waals surface area contributed by atoms with Gasteiger partial charge in [-0.25, -0.2) is 0 Å². The maximum absolute atomic E-state index is 8.83. The zero-order chi connectivity index (χ0) is 6.78. The van der Waals surface area contributed by atoms with Crippen molar-refractivity contribution in [3.05, 3.63) is 0 Å². The van der Waals surface area contributed by atoms with Crippen LogP contribution in [0.1, 0.15) is 20.3 Å². The molecule has 8 heavy (non-hydrogen) atoms. The van der Waals surface area contributed by atoms with Gasteiger partial charge in [-0.15, -0.1) is 0 Å². The molecule has 0 saturated carbocycles. The summed E-state index contributed by atoms with van der Waals surface area (Å²) in [6, 6.07) is 0. The molecule has 2 N–H and O–H groups in total. The third kappa shape index (κ3) is 2.84. The number of rotatable bonds is 2. The van der Waals surface area contributed by atoms with Crippen molar-refractivity contribution < 1.29 is 10.2 Å². The fraction of sp³-hybridized carbons (Fsp3) is 1.00. The van der Waals surface area contributed by atoms with Gasteiger partial charge in [0.1, 0.15) is 0 Å². The van der Waals surface area contributed by atoms with Crippen molar-refractivity contribution in [1.82, 2.24) is 0 Å². The van der Waals surface area contributed by atoms with E-state index in [0.717, 1.165) is 6.42 Å². The highest BCUT2D eigenvalue weighted by molar-refractivity contribution is 14.1. The number of halogens is 1. The maximum atomic E-state index is 8.83. The van der Waals surface area contributed by atoms with Gasteiger partial charge in [-0.05, 0) is 29.0 Å². The monoisotopic (exact) mass is 230 g/mol. The summed E-state index contributed by atoms with van der Waals surface area (Å²) in [7, 11) is 0. The second-order valence-electron chi connectivity index (χ2n) is 1.95. The molecule has 0 aliphatic carbocycles. The van der Waals surface area contributed by atoms with E-state index < -0.39 is 3.79 Å². The summed E-state index contributed by atoms with van der Waals surface area (Å²) < 4.78 is -1.52. The second-order valence-corrected chi connectivity index (χ2v) is 3.53. The number of hydrogen-bond donors (Lipinski definition) is 2. The van der Waals surface area contributed by atoms with E-state index in [4.69, 9.17) is 10.2 Å². The fourth-order valence-electron chi connectivity index (χ4n) is 0.260. The first-order chi connectivity index (χ1) is 3.48. The Hall–Kier alpha value is 0.650. The van der Waals surface area contributed by atoms with E-state index in [-0.39, 0.29) is 5.92 Å². The van der Waals surface area contributed by atoms with Gasteiger partial charge in [-0.2, -0.15) is 0 Å². The van der Waals surface area contributed by atoms with Gasteiger partial charge in [0.25, 0.3) is 0 Å². The fourth-order valence-corrected chi connectivity index (χ4v) is 0.700. The molecular weight excluding hydrogens is 219 g/mol. The minimum absolute atomic E-state index is 0.0527. The molecule has 50 valence electrons. The maximum Gasteiger partial charge on any atom is 0.219 e. The average Bonchev–Trinajstić information content (AvgIpc) is 1.62. The van der Waals surface area contributed by atoms with Crippen molar-refractivity contribution in [2.24, 2.45) is 5.92 Å². The minimum Gasteiger partial charge on any atom is -0.357 e. The Bertz CT molecular complexity index is 67.3. The Morgan fingerprint density at radius 1 is 1.62 bits per heavy atom. The summed E-state index contributed by atoms with van der Waals surface area (Å²) >= 11 is 1.61. The van der Waals surface area contributed by atoms with Gasteiger partial charge in [0, 0.05) is 5.92 Å². The smallest absolute Gasteiger partial charge is 0.219 e. The van der Waals surface area contributed by atoms with Gasteiger partial charge >= 0.3 is 0 Å². The molecule has 0 aliphatic heterocycles. The topological polar surface area (TPSA) is 40.5 Å². The molecule has 0 saturated heterocycles. The van der Waals surface area contributed by atoms with Gasteiger partial charge in [-0.1, -0.05) is 13.8 Å². The van der Waals surface area contributed by atoms with Crippen LogP contribution in [-0.2, 0) is 0 Å². The molecule has 0 bridgehead atoms. The van der Waals surface area contributed by atoms with Crippen molar-refractivity contribution in [2.75, 3.05) is 0 Å². The number of aliphatic hydroxyl groups is 2. The number of hydrogen-bond acceptors (Lipinski definition) is 2. The summed E-state index contributed by atoms with van der Waals surface area (Å²) in [4.78, 5) is 0. The molecular formula is C5H11IO2. The van der Waals surface area contributed by atoms with Crippen LogP contribution in [-0.4, -0.2) is 14.0 Å². The highest BCUT2D eigenvalue weighted by Crippen LogP contribution is 2.23. The first-order valence-corrected chi connectivity index (χ1v) is 3.70. The van der Waals surface area contributed by atoms with E-state index in [2.05, 4.69) is 0 Å². The van der Waals surface area contributed by atoms with Crippen molar-refractivity contribution in [1.29, 1.82) is 0 Å². The van der Waals surface area contributed by atoms with Crippen LogP contribution in [0.15, 0.2) is 0 Å². The predicted molar refractivity (Wildman–Crippen MR) is 40.6 cm³/mol. The third-order valence-electron chi connectivity index (χ3n) is 1.24. The predicted octanol–water partition coefficient (Wildman–Crippen LogP) is 1.11. The van der Waals surface area contributed by atoms with Crippen molar-refractivity contribution in [2.45, 2.75) is 24.1 Å². The molecule has 1 atom stereocenters. The second kappa shape index (κ2) is 2.98.